The Morgan fingerprint density at radius 2 is 2.08 bits per heavy atom. The van der Waals surface area contributed by atoms with Crippen molar-refractivity contribution in [2.45, 2.75) is 12.3 Å². The summed E-state index contributed by atoms with van der Waals surface area (Å²) in [5, 5.41) is -1.00. The van der Waals surface area contributed by atoms with Gasteiger partial charge in [-0.05, 0) is 11.6 Å². The van der Waals surface area contributed by atoms with Crippen LogP contribution in [0.1, 0.15) is 6.42 Å². The van der Waals surface area contributed by atoms with Crippen molar-refractivity contribution < 1.29 is 18.0 Å². The van der Waals surface area contributed by atoms with E-state index in [1.54, 1.807) is 0 Å². The first kappa shape index (κ1) is 9.32. The molecular formula is C7H4ClF3O. The molecule has 0 saturated heterocycles. The van der Waals surface area contributed by atoms with Gasteiger partial charge in [0.25, 0.3) is 5.24 Å². The van der Waals surface area contributed by atoms with Gasteiger partial charge in [-0.1, -0.05) is 6.58 Å². The van der Waals surface area contributed by atoms with Gasteiger partial charge in [-0.3, -0.25) is 4.79 Å². The third-order valence-corrected chi connectivity index (χ3v) is 1.81. The van der Waals surface area contributed by atoms with Crippen LogP contribution in [0, 0.1) is 0 Å². The van der Waals surface area contributed by atoms with Gasteiger partial charge in [0.15, 0.2) is 5.83 Å². The van der Waals surface area contributed by atoms with E-state index in [4.69, 9.17) is 11.6 Å². The normalized spacial score (nSPS) is 20.3. The fourth-order valence-corrected chi connectivity index (χ4v) is 0.963. The molecule has 0 spiro atoms. The number of rotatable bonds is 2. The quantitative estimate of drug-likeness (QED) is 0.490. The van der Waals surface area contributed by atoms with Crippen molar-refractivity contribution in [1.82, 2.24) is 0 Å². The molecule has 12 heavy (non-hydrogen) atoms. The van der Waals surface area contributed by atoms with Gasteiger partial charge in [-0.25, -0.2) is 4.39 Å². The molecule has 0 radical (unpaired) electrons. The van der Waals surface area contributed by atoms with Crippen molar-refractivity contribution in [3.05, 3.63) is 23.6 Å². The topological polar surface area (TPSA) is 17.1 Å². The van der Waals surface area contributed by atoms with Crippen LogP contribution < -0.4 is 0 Å². The molecule has 1 rings (SSSR count). The monoisotopic (exact) mass is 196 g/mol. The minimum Gasteiger partial charge on any atom is -0.276 e. The van der Waals surface area contributed by atoms with Crippen molar-refractivity contribution in [1.29, 1.82) is 0 Å². The second kappa shape index (κ2) is 2.62. The summed E-state index contributed by atoms with van der Waals surface area (Å²) in [4.78, 5) is 10.4. The summed E-state index contributed by atoms with van der Waals surface area (Å²) in [6.07, 6.45) is -0.796. The minimum atomic E-state index is -3.44. The molecular weight excluding hydrogens is 193 g/mol. The van der Waals surface area contributed by atoms with Gasteiger partial charge >= 0.3 is 5.92 Å². The first-order chi connectivity index (χ1) is 5.36. The number of halogens is 4. The predicted molar refractivity (Wildman–Crippen MR) is 37.7 cm³/mol. The zero-order valence-electron chi connectivity index (χ0n) is 5.83. The van der Waals surface area contributed by atoms with E-state index in [0.29, 0.717) is 0 Å². The molecule has 0 aliphatic heterocycles. The first-order valence-electron chi connectivity index (χ1n) is 3.02. The summed E-state index contributed by atoms with van der Waals surface area (Å²) in [5.74, 6) is -5.04. The number of hydrogen-bond acceptors (Lipinski definition) is 1. The molecule has 1 nitrogen and oxygen atoms in total. The van der Waals surface area contributed by atoms with Crippen molar-refractivity contribution in [3.63, 3.8) is 0 Å². The van der Waals surface area contributed by atoms with Gasteiger partial charge in [-0.2, -0.15) is 8.78 Å². The standard InChI is InChI=1S/C7H4ClF3O/c1-3(6(8)12)4-2-7(10,11)5(4)9/h1-2H2. The van der Waals surface area contributed by atoms with Crippen molar-refractivity contribution in [2.75, 3.05) is 0 Å². The Kier molecular flexibility index (Phi) is 2.04. The molecule has 0 heterocycles. The largest absolute Gasteiger partial charge is 0.303 e. The molecule has 66 valence electrons. The van der Waals surface area contributed by atoms with Gasteiger partial charge in [0, 0.05) is 17.6 Å². The van der Waals surface area contributed by atoms with Crippen LogP contribution in [-0.4, -0.2) is 11.2 Å². The van der Waals surface area contributed by atoms with E-state index in [1.165, 1.54) is 0 Å². The highest BCUT2D eigenvalue weighted by atomic mass is 35.5. The molecule has 0 fully saturated rings. The number of allylic oxidation sites excluding steroid dienone is 3. The molecule has 5 heteroatoms. The Balaban J connectivity index is 2.90. The van der Waals surface area contributed by atoms with E-state index >= 15 is 0 Å². The highest BCUT2D eigenvalue weighted by molar-refractivity contribution is 6.68. The maximum absolute atomic E-state index is 12.4. The SMILES string of the molecule is C=C(C(=O)Cl)C1=C(F)C(F)(F)C1. The summed E-state index contributed by atoms with van der Waals surface area (Å²) in [6, 6.07) is 0. The Hall–Kier alpha value is -0.770. The fourth-order valence-electron chi connectivity index (χ4n) is 0.849. The van der Waals surface area contributed by atoms with Crippen molar-refractivity contribution in [2.24, 2.45) is 0 Å². The van der Waals surface area contributed by atoms with E-state index in [9.17, 15) is 18.0 Å². The summed E-state index contributed by atoms with van der Waals surface area (Å²) in [7, 11) is 0. The first-order valence-corrected chi connectivity index (χ1v) is 3.40. The lowest BCUT2D eigenvalue weighted by Gasteiger charge is -2.27. The van der Waals surface area contributed by atoms with Gasteiger partial charge in [0.05, 0.1) is 0 Å². The maximum atomic E-state index is 12.4. The van der Waals surface area contributed by atoms with Crippen molar-refractivity contribution in [3.8, 4) is 0 Å². The number of carbonyl (C=O) groups excluding carboxylic acids is 1. The van der Waals surface area contributed by atoms with Crippen LogP contribution in [0.3, 0.4) is 0 Å². The van der Waals surface area contributed by atoms with Crippen LogP contribution in [0.25, 0.3) is 0 Å². The van der Waals surface area contributed by atoms with Gasteiger partial charge < -0.3 is 0 Å². The average molecular weight is 197 g/mol. The van der Waals surface area contributed by atoms with Crippen LogP contribution in [0.15, 0.2) is 23.6 Å². The lowest BCUT2D eigenvalue weighted by molar-refractivity contribution is -0.108. The van der Waals surface area contributed by atoms with Gasteiger partial charge in [-0.15, -0.1) is 0 Å². The highest BCUT2D eigenvalue weighted by Gasteiger charge is 2.49. The Morgan fingerprint density at radius 1 is 1.58 bits per heavy atom. The smallest absolute Gasteiger partial charge is 0.276 e. The molecule has 0 aromatic carbocycles. The molecule has 1 aliphatic carbocycles. The van der Waals surface area contributed by atoms with E-state index in [2.05, 4.69) is 6.58 Å². The van der Waals surface area contributed by atoms with Crippen LogP contribution in [-0.2, 0) is 4.79 Å². The lowest BCUT2D eigenvalue weighted by atomic mass is 9.88. The average Bonchev–Trinajstić information content (AvgIpc) is 1.98. The fraction of sp³-hybridized carbons (Fsp3) is 0.286. The van der Waals surface area contributed by atoms with Crippen LogP contribution >= 0.6 is 11.6 Å². The maximum Gasteiger partial charge on any atom is 0.303 e. The lowest BCUT2D eigenvalue weighted by Crippen LogP contribution is -2.30. The molecule has 0 amide bonds. The molecule has 0 bridgehead atoms. The number of carbonyl (C=O) groups is 1. The molecule has 0 aromatic rings. The zero-order chi connectivity index (χ0) is 9.52. The summed E-state index contributed by atoms with van der Waals surface area (Å²) < 4.78 is 36.8. The third kappa shape index (κ3) is 1.27. The van der Waals surface area contributed by atoms with Gasteiger partial charge in [0.1, 0.15) is 0 Å². The Labute approximate surface area is 71.5 Å². The van der Waals surface area contributed by atoms with E-state index in [-0.39, 0.29) is 11.1 Å². The van der Waals surface area contributed by atoms with E-state index in [0.717, 1.165) is 0 Å². The summed E-state index contributed by atoms with van der Waals surface area (Å²) in [6.45, 7) is 3.08. The summed E-state index contributed by atoms with van der Waals surface area (Å²) in [5.41, 5.74) is -0.764. The summed E-state index contributed by atoms with van der Waals surface area (Å²) >= 11 is 4.91. The zero-order valence-corrected chi connectivity index (χ0v) is 6.59. The predicted octanol–water partition coefficient (Wildman–Crippen LogP) is 2.57. The molecule has 0 saturated carbocycles. The second-order valence-electron chi connectivity index (χ2n) is 2.43. The Bertz CT molecular complexity index is 293. The molecule has 0 N–H and O–H groups in total. The van der Waals surface area contributed by atoms with Crippen molar-refractivity contribution >= 4 is 16.8 Å². The molecule has 1 aliphatic rings. The highest BCUT2D eigenvalue weighted by Crippen LogP contribution is 2.46. The van der Waals surface area contributed by atoms with Gasteiger partial charge in [0.2, 0.25) is 0 Å². The molecule has 0 aromatic heterocycles. The number of hydrogen-bond donors (Lipinski definition) is 0. The third-order valence-electron chi connectivity index (χ3n) is 1.59. The van der Waals surface area contributed by atoms with E-state index in [1.807, 2.05) is 0 Å². The number of alkyl halides is 2. The molecule has 0 unspecified atom stereocenters. The second-order valence-corrected chi connectivity index (χ2v) is 2.77. The van der Waals surface area contributed by atoms with Crippen LogP contribution in [0.2, 0.25) is 0 Å². The van der Waals surface area contributed by atoms with Crippen LogP contribution in [0.4, 0.5) is 13.2 Å². The van der Waals surface area contributed by atoms with Crippen LogP contribution in [0.5, 0.6) is 0 Å². The molecule has 0 atom stereocenters. The Morgan fingerprint density at radius 3 is 2.33 bits per heavy atom. The van der Waals surface area contributed by atoms with E-state index < -0.39 is 23.4 Å². The minimum absolute atomic E-state index is 0.375.